The number of hydrogen-bond donors (Lipinski definition) is 0. The Balaban J connectivity index is 1.28. The topological polar surface area (TPSA) is 93.7 Å². The summed E-state index contributed by atoms with van der Waals surface area (Å²) in [6, 6.07) is 20.9. The third-order valence-electron chi connectivity index (χ3n) is 6.05. The molecule has 0 unspecified atom stereocenters. The lowest BCUT2D eigenvalue weighted by molar-refractivity contribution is -0.129. The fraction of sp³-hybridized carbons (Fsp3) is 0.259. The Kier molecular flexibility index (Phi) is 7.55. The van der Waals surface area contributed by atoms with Crippen LogP contribution in [0.25, 0.3) is 17.1 Å². The van der Waals surface area contributed by atoms with Gasteiger partial charge in [0.2, 0.25) is 5.91 Å². The van der Waals surface area contributed by atoms with Gasteiger partial charge < -0.3 is 19.0 Å². The maximum atomic E-state index is 13.0. The van der Waals surface area contributed by atoms with Crippen molar-refractivity contribution in [2.75, 3.05) is 38.5 Å². The molecule has 37 heavy (non-hydrogen) atoms. The monoisotopic (exact) mass is 517 g/mol. The zero-order valence-corrected chi connectivity index (χ0v) is 21.3. The van der Waals surface area contributed by atoms with Crippen LogP contribution in [0.3, 0.4) is 0 Å². The number of nitrogens with zero attached hydrogens (tertiary/aromatic N) is 5. The molecule has 2 aromatic carbocycles. The van der Waals surface area contributed by atoms with E-state index in [0.29, 0.717) is 49.5 Å². The third-order valence-corrected chi connectivity index (χ3v) is 6.96. The molecule has 4 aromatic rings. The zero-order valence-electron chi connectivity index (χ0n) is 20.4. The van der Waals surface area contributed by atoms with E-state index < -0.39 is 0 Å². The van der Waals surface area contributed by atoms with E-state index in [1.165, 1.54) is 18.0 Å². The molecule has 5 rings (SSSR count). The van der Waals surface area contributed by atoms with Gasteiger partial charge in [-0.15, -0.1) is 10.2 Å². The lowest BCUT2D eigenvalue weighted by atomic mass is 10.2. The second-order valence-corrected chi connectivity index (χ2v) is 9.32. The van der Waals surface area contributed by atoms with E-state index in [2.05, 4.69) is 10.2 Å². The molecule has 2 amide bonds. The Labute approximate surface area is 219 Å². The average molecular weight is 518 g/mol. The van der Waals surface area contributed by atoms with Crippen LogP contribution in [0.4, 0.5) is 0 Å². The highest BCUT2D eigenvalue weighted by Crippen LogP contribution is 2.29. The van der Waals surface area contributed by atoms with Crippen molar-refractivity contribution < 1.29 is 18.7 Å². The molecule has 190 valence electrons. The quantitative estimate of drug-likeness (QED) is 0.326. The highest BCUT2D eigenvalue weighted by atomic mass is 32.2. The van der Waals surface area contributed by atoms with Gasteiger partial charge in [0.25, 0.3) is 5.91 Å². The fourth-order valence-corrected chi connectivity index (χ4v) is 5.02. The van der Waals surface area contributed by atoms with Gasteiger partial charge in [0.15, 0.2) is 16.7 Å². The van der Waals surface area contributed by atoms with Gasteiger partial charge >= 0.3 is 0 Å². The van der Waals surface area contributed by atoms with Crippen molar-refractivity contribution in [2.24, 2.45) is 0 Å². The lowest BCUT2D eigenvalue weighted by Gasteiger charge is -2.34. The van der Waals surface area contributed by atoms with Crippen LogP contribution in [0, 0.1) is 0 Å². The maximum absolute atomic E-state index is 13.0. The Morgan fingerprint density at radius 2 is 1.65 bits per heavy atom. The van der Waals surface area contributed by atoms with Crippen molar-refractivity contribution in [1.29, 1.82) is 0 Å². The van der Waals surface area contributed by atoms with Crippen LogP contribution >= 0.6 is 11.8 Å². The Bertz CT molecular complexity index is 1330. The van der Waals surface area contributed by atoms with Crippen LogP contribution in [0.15, 0.2) is 82.6 Å². The van der Waals surface area contributed by atoms with Crippen molar-refractivity contribution >= 4 is 23.6 Å². The summed E-state index contributed by atoms with van der Waals surface area (Å²) in [7, 11) is 0. The number of amides is 2. The molecule has 0 spiro atoms. The van der Waals surface area contributed by atoms with Gasteiger partial charge in [-0.05, 0) is 43.3 Å². The highest BCUT2D eigenvalue weighted by Gasteiger charge is 2.26. The van der Waals surface area contributed by atoms with E-state index in [0.717, 1.165) is 17.0 Å². The molecule has 1 aliphatic heterocycles. The standard InChI is InChI=1S/C27H27N5O4S/c1-2-35-22-12-10-21(11-13-22)32-25(20-7-4-3-5-8-20)28-29-27(32)37-19-24(33)30-14-16-31(17-15-30)26(34)23-9-6-18-36-23/h3-13,18H,2,14-17,19H2,1H3. The molecule has 1 aliphatic rings. The predicted molar refractivity (Wildman–Crippen MR) is 140 cm³/mol. The van der Waals surface area contributed by atoms with Crippen LogP contribution < -0.4 is 4.74 Å². The molecule has 9 nitrogen and oxygen atoms in total. The number of thioether (sulfide) groups is 1. The second kappa shape index (κ2) is 11.3. The number of aromatic nitrogens is 3. The van der Waals surface area contributed by atoms with E-state index in [4.69, 9.17) is 9.15 Å². The molecule has 0 saturated carbocycles. The number of rotatable bonds is 8. The molecule has 1 fully saturated rings. The minimum Gasteiger partial charge on any atom is -0.494 e. The van der Waals surface area contributed by atoms with E-state index in [9.17, 15) is 9.59 Å². The molecular formula is C27H27N5O4S. The number of furan rings is 1. The van der Waals surface area contributed by atoms with Gasteiger partial charge in [0.05, 0.1) is 18.6 Å². The summed E-state index contributed by atoms with van der Waals surface area (Å²) in [5.41, 5.74) is 1.81. The summed E-state index contributed by atoms with van der Waals surface area (Å²) in [4.78, 5) is 29.0. The van der Waals surface area contributed by atoms with Crippen molar-refractivity contribution in [1.82, 2.24) is 24.6 Å². The van der Waals surface area contributed by atoms with E-state index in [1.807, 2.05) is 66.1 Å². The first-order valence-electron chi connectivity index (χ1n) is 12.1. The van der Waals surface area contributed by atoms with Gasteiger partial charge in [-0.2, -0.15) is 0 Å². The molecule has 3 heterocycles. The van der Waals surface area contributed by atoms with Crippen molar-refractivity contribution in [3.05, 3.63) is 78.8 Å². The minimum atomic E-state index is -0.150. The van der Waals surface area contributed by atoms with E-state index >= 15 is 0 Å². The molecule has 1 saturated heterocycles. The minimum absolute atomic E-state index is 0.00222. The molecule has 2 aromatic heterocycles. The highest BCUT2D eigenvalue weighted by molar-refractivity contribution is 7.99. The third kappa shape index (κ3) is 5.54. The number of benzene rings is 2. The van der Waals surface area contributed by atoms with Crippen molar-refractivity contribution in [3.8, 4) is 22.8 Å². The smallest absolute Gasteiger partial charge is 0.289 e. The average Bonchev–Trinajstić information content (AvgIpc) is 3.63. The first-order valence-corrected chi connectivity index (χ1v) is 13.1. The molecule has 0 atom stereocenters. The molecule has 0 N–H and O–H groups in total. The van der Waals surface area contributed by atoms with Crippen molar-refractivity contribution in [3.63, 3.8) is 0 Å². The van der Waals surface area contributed by atoms with Crippen LogP contribution in [-0.4, -0.2) is 74.9 Å². The van der Waals surface area contributed by atoms with Gasteiger partial charge in [0.1, 0.15) is 5.75 Å². The first kappa shape index (κ1) is 24.6. The Morgan fingerprint density at radius 3 is 2.32 bits per heavy atom. The van der Waals surface area contributed by atoms with E-state index in [1.54, 1.807) is 21.9 Å². The van der Waals surface area contributed by atoms with Gasteiger partial charge in [-0.25, -0.2) is 0 Å². The lowest BCUT2D eigenvalue weighted by Crippen LogP contribution is -2.51. The number of piperazine rings is 1. The summed E-state index contributed by atoms with van der Waals surface area (Å²) < 4.78 is 12.8. The maximum Gasteiger partial charge on any atom is 0.289 e. The molecule has 0 aliphatic carbocycles. The van der Waals surface area contributed by atoms with Gasteiger partial charge in [-0.3, -0.25) is 14.2 Å². The largest absolute Gasteiger partial charge is 0.494 e. The van der Waals surface area contributed by atoms with Crippen molar-refractivity contribution in [2.45, 2.75) is 12.1 Å². The van der Waals surface area contributed by atoms with Gasteiger partial charge in [-0.1, -0.05) is 42.1 Å². The SMILES string of the molecule is CCOc1ccc(-n2c(SCC(=O)N3CCN(C(=O)c4ccco4)CC3)nnc2-c2ccccc2)cc1. The van der Waals surface area contributed by atoms with E-state index in [-0.39, 0.29) is 17.6 Å². The second-order valence-electron chi connectivity index (χ2n) is 8.37. The molecule has 0 bridgehead atoms. The fourth-order valence-electron chi connectivity index (χ4n) is 4.16. The van der Waals surface area contributed by atoms with Gasteiger partial charge in [0, 0.05) is 37.4 Å². The number of ether oxygens (including phenoxy) is 1. The normalized spacial score (nSPS) is 13.5. The summed E-state index contributed by atoms with van der Waals surface area (Å²) in [6.07, 6.45) is 1.49. The molecule has 0 radical (unpaired) electrons. The first-order chi connectivity index (χ1) is 18.1. The molecule has 10 heteroatoms. The number of carbonyl (C=O) groups is 2. The Morgan fingerprint density at radius 1 is 0.919 bits per heavy atom. The summed E-state index contributed by atoms with van der Waals surface area (Å²) in [6.45, 7) is 4.44. The van der Waals surface area contributed by atoms with Crippen LogP contribution in [0.5, 0.6) is 5.75 Å². The number of carbonyl (C=O) groups excluding carboxylic acids is 2. The Hall–Kier alpha value is -4.05. The van der Waals surface area contributed by atoms with Crippen LogP contribution in [-0.2, 0) is 4.79 Å². The zero-order chi connectivity index (χ0) is 25.6. The molecular weight excluding hydrogens is 490 g/mol. The predicted octanol–water partition coefficient (Wildman–Crippen LogP) is 4.00. The summed E-state index contributed by atoms with van der Waals surface area (Å²) >= 11 is 1.35. The van der Waals surface area contributed by atoms with Crippen LogP contribution in [0.2, 0.25) is 0 Å². The summed E-state index contributed by atoms with van der Waals surface area (Å²) in [5, 5.41) is 9.50. The number of hydrogen-bond acceptors (Lipinski definition) is 7. The summed E-state index contributed by atoms with van der Waals surface area (Å²) in [5.74, 6) is 1.87. The van der Waals surface area contributed by atoms with Crippen LogP contribution in [0.1, 0.15) is 17.5 Å².